The number of piperidine rings is 1. The van der Waals surface area contributed by atoms with Crippen molar-refractivity contribution in [1.82, 2.24) is 9.88 Å². The number of aryl methyl sites for hydroxylation is 1. The number of nitrogens with zero attached hydrogens (tertiary/aromatic N) is 2. The Morgan fingerprint density at radius 3 is 2.72 bits per heavy atom. The van der Waals surface area contributed by atoms with Crippen molar-refractivity contribution in [3.63, 3.8) is 0 Å². The van der Waals surface area contributed by atoms with Gasteiger partial charge >= 0.3 is 0 Å². The minimum atomic E-state index is -0.357. The summed E-state index contributed by atoms with van der Waals surface area (Å²) < 4.78 is 13.0. The summed E-state index contributed by atoms with van der Waals surface area (Å²) in [5, 5.41) is 0. The van der Waals surface area contributed by atoms with Crippen molar-refractivity contribution < 1.29 is 14.0 Å². The molecule has 1 aliphatic heterocycles. The Bertz CT molecular complexity index is 774. The van der Waals surface area contributed by atoms with Crippen LogP contribution in [-0.2, 0) is 11.2 Å². The quantitative estimate of drug-likeness (QED) is 0.803. The lowest BCUT2D eigenvalue weighted by Gasteiger charge is -2.32. The van der Waals surface area contributed by atoms with Gasteiger partial charge in [-0.15, -0.1) is 0 Å². The van der Waals surface area contributed by atoms with Crippen LogP contribution >= 0.6 is 0 Å². The standard InChI is InChI=1S/C20H21FN2O2/c1-14-12-22-9-8-16(14)11-19(24)23-10-2-3-17(13-23)20(25)15-4-6-18(21)7-5-15/h4-9,12,17H,2-3,10-11,13H2,1H3/t17-/m0/s1. The minimum Gasteiger partial charge on any atom is -0.342 e. The number of carbonyl (C=O) groups is 2. The molecule has 1 aromatic carbocycles. The zero-order valence-corrected chi connectivity index (χ0v) is 14.2. The molecule has 1 amide bonds. The molecule has 3 rings (SSSR count). The van der Waals surface area contributed by atoms with E-state index < -0.39 is 0 Å². The van der Waals surface area contributed by atoms with Crippen molar-refractivity contribution in [3.05, 3.63) is 65.2 Å². The van der Waals surface area contributed by atoms with E-state index in [-0.39, 0.29) is 23.4 Å². The van der Waals surface area contributed by atoms with E-state index in [1.54, 1.807) is 17.3 Å². The first kappa shape index (κ1) is 17.3. The van der Waals surface area contributed by atoms with Gasteiger partial charge in [-0.25, -0.2) is 4.39 Å². The molecule has 0 saturated carbocycles. The number of ketones is 1. The number of amides is 1. The first-order chi connectivity index (χ1) is 12.0. The van der Waals surface area contributed by atoms with Crippen LogP contribution in [-0.4, -0.2) is 34.7 Å². The maximum Gasteiger partial charge on any atom is 0.227 e. The maximum absolute atomic E-state index is 13.0. The second-order valence-corrected chi connectivity index (χ2v) is 6.53. The molecule has 1 aliphatic rings. The van der Waals surface area contributed by atoms with E-state index in [9.17, 15) is 14.0 Å². The average molecular weight is 340 g/mol. The Kier molecular flexibility index (Phi) is 5.22. The molecule has 0 N–H and O–H groups in total. The third kappa shape index (κ3) is 4.10. The van der Waals surface area contributed by atoms with Gasteiger partial charge in [-0.05, 0) is 61.2 Å². The van der Waals surface area contributed by atoms with Crippen LogP contribution in [0.1, 0.15) is 34.3 Å². The Morgan fingerprint density at radius 2 is 2.00 bits per heavy atom. The zero-order valence-electron chi connectivity index (χ0n) is 14.2. The summed E-state index contributed by atoms with van der Waals surface area (Å²) in [5.41, 5.74) is 2.46. The lowest BCUT2D eigenvalue weighted by atomic mass is 9.89. The van der Waals surface area contributed by atoms with Crippen molar-refractivity contribution in [2.24, 2.45) is 5.92 Å². The van der Waals surface area contributed by atoms with Crippen molar-refractivity contribution in [1.29, 1.82) is 0 Å². The highest BCUT2D eigenvalue weighted by Crippen LogP contribution is 2.22. The monoisotopic (exact) mass is 340 g/mol. The van der Waals surface area contributed by atoms with Crippen LogP contribution in [0.4, 0.5) is 4.39 Å². The lowest BCUT2D eigenvalue weighted by Crippen LogP contribution is -2.43. The molecule has 0 spiro atoms. The van der Waals surface area contributed by atoms with Crippen LogP contribution in [0.3, 0.4) is 0 Å². The van der Waals surface area contributed by atoms with Gasteiger partial charge < -0.3 is 4.90 Å². The normalized spacial score (nSPS) is 17.4. The van der Waals surface area contributed by atoms with Gasteiger partial charge in [0.25, 0.3) is 0 Å². The van der Waals surface area contributed by atoms with Crippen LogP contribution in [0.25, 0.3) is 0 Å². The summed E-state index contributed by atoms with van der Waals surface area (Å²) >= 11 is 0. The van der Waals surface area contributed by atoms with E-state index in [4.69, 9.17) is 0 Å². The summed E-state index contributed by atoms with van der Waals surface area (Å²) in [4.78, 5) is 31.1. The van der Waals surface area contributed by atoms with E-state index in [2.05, 4.69) is 4.98 Å². The second kappa shape index (κ2) is 7.55. The number of hydrogen-bond donors (Lipinski definition) is 0. The van der Waals surface area contributed by atoms with Crippen LogP contribution in [0.2, 0.25) is 0 Å². The maximum atomic E-state index is 13.0. The summed E-state index contributed by atoms with van der Waals surface area (Å²) in [6.45, 7) is 3.04. The van der Waals surface area contributed by atoms with Gasteiger partial charge in [0, 0.05) is 37.0 Å². The molecular formula is C20H21FN2O2. The molecule has 4 nitrogen and oxygen atoms in total. The highest BCUT2D eigenvalue weighted by molar-refractivity contribution is 5.98. The highest BCUT2D eigenvalue weighted by atomic mass is 19.1. The molecule has 0 aliphatic carbocycles. The van der Waals surface area contributed by atoms with Crippen molar-refractivity contribution in [2.45, 2.75) is 26.2 Å². The van der Waals surface area contributed by atoms with E-state index in [0.717, 1.165) is 24.0 Å². The molecule has 0 unspecified atom stereocenters. The summed E-state index contributed by atoms with van der Waals surface area (Å²) in [7, 11) is 0. The van der Waals surface area contributed by atoms with Crippen molar-refractivity contribution in [2.75, 3.05) is 13.1 Å². The lowest BCUT2D eigenvalue weighted by molar-refractivity contribution is -0.131. The number of benzene rings is 1. The average Bonchev–Trinajstić information content (AvgIpc) is 2.64. The number of Topliss-reactive ketones (excluding diaryl/α,β-unsaturated/α-hetero) is 1. The van der Waals surface area contributed by atoms with Gasteiger partial charge in [0.05, 0.1) is 6.42 Å². The summed E-state index contributed by atoms with van der Waals surface area (Å²) in [5.74, 6) is -0.560. The SMILES string of the molecule is Cc1cnccc1CC(=O)N1CCC[C@H](C(=O)c2ccc(F)cc2)C1. The Balaban J connectivity index is 1.66. The molecule has 0 bridgehead atoms. The first-order valence-corrected chi connectivity index (χ1v) is 8.51. The van der Waals surface area contributed by atoms with E-state index in [1.165, 1.54) is 24.3 Å². The Hall–Kier alpha value is -2.56. The number of aromatic nitrogens is 1. The van der Waals surface area contributed by atoms with E-state index >= 15 is 0 Å². The minimum absolute atomic E-state index is 0.0161. The largest absolute Gasteiger partial charge is 0.342 e. The molecule has 2 heterocycles. The van der Waals surface area contributed by atoms with Crippen LogP contribution < -0.4 is 0 Å². The van der Waals surface area contributed by atoms with Gasteiger partial charge in [0.1, 0.15) is 5.82 Å². The van der Waals surface area contributed by atoms with Crippen LogP contribution in [0, 0.1) is 18.7 Å². The fraction of sp³-hybridized carbons (Fsp3) is 0.350. The van der Waals surface area contributed by atoms with Gasteiger partial charge in [0.15, 0.2) is 5.78 Å². The first-order valence-electron chi connectivity index (χ1n) is 8.51. The predicted octanol–water partition coefficient (Wildman–Crippen LogP) is 3.19. The Morgan fingerprint density at radius 1 is 1.24 bits per heavy atom. The second-order valence-electron chi connectivity index (χ2n) is 6.53. The summed E-state index contributed by atoms with van der Waals surface area (Å²) in [6.07, 6.45) is 5.32. The summed E-state index contributed by atoms with van der Waals surface area (Å²) in [6, 6.07) is 7.48. The van der Waals surface area contributed by atoms with Gasteiger partial charge in [-0.2, -0.15) is 0 Å². The molecule has 1 fully saturated rings. The number of pyridine rings is 1. The third-order valence-electron chi connectivity index (χ3n) is 4.75. The number of carbonyl (C=O) groups excluding carboxylic acids is 2. The molecular weight excluding hydrogens is 319 g/mol. The molecule has 1 saturated heterocycles. The van der Waals surface area contributed by atoms with Crippen molar-refractivity contribution >= 4 is 11.7 Å². The predicted molar refractivity (Wildman–Crippen MR) is 92.7 cm³/mol. The molecule has 25 heavy (non-hydrogen) atoms. The van der Waals surface area contributed by atoms with Gasteiger partial charge in [0.2, 0.25) is 5.91 Å². The molecule has 130 valence electrons. The molecule has 1 aromatic heterocycles. The van der Waals surface area contributed by atoms with Crippen LogP contribution in [0.15, 0.2) is 42.7 Å². The zero-order chi connectivity index (χ0) is 17.8. The number of halogens is 1. The smallest absolute Gasteiger partial charge is 0.227 e. The van der Waals surface area contributed by atoms with Crippen molar-refractivity contribution in [3.8, 4) is 0 Å². The molecule has 5 heteroatoms. The third-order valence-corrected chi connectivity index (χ3v) is 4.75. The Labute approximate surface area is 146 Å². The number of likely N-dealkylation sites (tertiary alicyclic amines) is 1. The van der Waals surface area contributed by atoms with E-state index in [1.807, 2.05) is 13.0 Å². The molecule has 1 atom stereocenters. The van der Waals surface area contributed by atoms with Gasteiger partial charge in [-0.1, -0.05) is 0 Å². The highest BCUT2D eigenvalue weighted by Gasteiger charge is 2.29. The van der Waals surface area contributed by atoms with Crippen LogP contribution in [0.5, 0.6) is 0 Å². The van der Waals surface area contributed by atoms with Gasteiger partial charge in [-0.3, -0.25) is 14.6 Å². The fourth-order valence-corrected chi connectivity index (χ4v) is 3.24. The van der Waals surface area contributed by atoms with E-state index in [0.29, 0.717) is 25.1 Å². The number of hydrogen-bond acceptors (Lipinski definition) is 3. The topological polar surface area (TPSA) is 50.3 Å². The fourth-order valence-electron chi connectivity index (χ4n) is 3.24. The number of rotatable bonds is 4. The molecule has 2 aromatic rings. The molecule has 0 radical (unpaired) electrons.